The number of thiazole rings is 1. The number of benzene rings is 1. The van der Waals surface area contributed by atoms with Gasteiger partial charge in [-0.15, -0.1) is 16.4 Å². The minimum Gasteiger partial charge on any atom is -0.301 e. The molecule has 0 saturated heterocycles. The van der Waals surface area contributed by atoms with Crippen LogP contribution in [0.2, 0.25) is 0 Å². The summed E-state index contributed by atoms with van der Waals surface area (Å²) in [6.45, 7) is 6.86. The highest BCUT2D eigenvalue weighted by molar-refractivity contribution is 7.10. The molecule has 6 nitrogen and oxygen atoms in total. The second-order valence-electron chi connectivity index (χ2n) is 5.67. The Morgan fingerprint density at radius 3 is 2.70 bits per heavy atom. The molecule has 23 heavy (non-hydrogen) atoms. The molecule has 3 rings (SSSR count). The maximum absolute atomic E-state index is 4.74. The molecule has 0 radical (unpaired) electrons. The van der Waals surface area contributed by atoms with Gasteiger partial charge in [0.2, 0.25) is 0 Å². The van der Waals surface area contributed by atoms with Crippen molar-refractivity contribution in [1.29, 1.82) is 0 Å². The Morgan fingerprint density at radius 2 is 1.96 bits per heavy atom. The van der Waals surface area contributed by atoms with Gasteiger partial charge in [-0.05, 0) is 31.2 Å². The lowest BCUT2D eigenvalue weighted by Crippen LogP contribution is -2.21. The van der Waals surface area contributed by atoms with Gasteiger partial charge in [-0.1, -0.05) is 30.3 Å². The predicted octanol–water partition coefficient (Wildman–Crippen LogP) is 3.23. The molecular weight excluding hydrogens is 308 g/mol. The monoisotopic (exact) mass is 328 g/mol. The summed E-state index contributed by atoms with van der Waals surface area (Å²) < 4.78 is 1.83. The van der Waals surface area contributed by atoms with Crippen LogP contribution in [-0.2, 0) is 6.54 Å². The molecule has 1 aromatic carbocycles. The molecule has 0 amide bonds. The quantitative estimate of drug-likeness (QED) is 0.752. The van der Waals surface area contributed by atoms with E-state index in [2.05, 4.69) is 59.1 Å². The Bertz CT molecular complexity index is 749. The number of aromatic nitrogens is 5. The lowest BCUT2D eigenvalue weighted by atomic mass is 10.2. The fourth-order valence-electron chi connectivity index (χ4n) is 2.29. The van der Waals surface area contributed by atoms with E-state index in [1.54, 1.807) is 11.3 Å². The molecule has 7 heteroatoms. The van der Waals surface area contributed by atoms with Gasteiger partial charge in [0, 0.05) is 10.9 Å². The number of nitrogens with zero attached hydrogens (tertiary/aromatic N) is 5. The van der Waals surface area contributed by atoms with Crippen molar-refractivity contribution in [3.63, 3.8) is 0 Å². The first kappa shape index (κ1) is 15.8. The van der Waals surface area contributed by atoms with Gasteiger partial charge in [-0.3, -0.25) is 0 Å². The standard InChI is InChI=1S/C16H20N6S/c1-11(2)22-15(19-20-21-22)9-17-12(3)16-18-14(10-23-16)13-7-5-4-6-8-13/h4-8,10-12,17H,9H2,1-3H3. The first-order valence-electron chi connectivity index (χ1n) is 7.66. The van der Waals surface area contributed by atoms with Gasteiger partial charge in [0.25, 0.3) is 0 Å². The molecule has 1 unspecified atom stereocenters. The van der Waals surface area contributed by atoms with E-state index in [-0.39, 0.29) is 12.1 Å². The van der Waals surface area contributed by atoms with Crippen LogP contribution in [0.1, 0.15) is 43.7 Å². The fourth-order valence-corrected chi connectivity index (χ4v) is 3.15. The molecule has 1 N–H and O–H groups in total. The van der Waals surface area contributed by atoms with Gasteiger partial charge in [0.15, 0.2) is 5.82 Å². The van der Waals surface area contributed by atoms with Gasteiger partial charge in [-0.2, -0.15) is 0 Å². The smallest absolute Gasteiger partial charge is 0.165 e. The van der Waals surface area contributed by atoms with Crippen LogP contribution in [0.4, 0.5) is 0 Å². The fraction of sp³-hybridized carbons (Fsp3) is 0.375. The number of nitrogens with one attached hydrogen (secondary N) is 1. The summed E-state index contributed by atoms with van der Waals surface area (Å²) in [6, 6.07) is 10.6. The predicted molar refractivity (Wildman–Crippen MR) is 91.0 cm³/mol. The zero-order valence-electron chi connectivity index (χ0n) is 13.5. The average Bonchev–Trinajstić information content (AvgIpc) is 3.22. The molecule has 0 aliphatic rings. The van der Waals surface area contributed by atoms with Gasteiger partial charge in [0.05, 0.1) is 24.3 Å². The van der Waals surface area contributed by atoms with Crippen LogP contribution < -0.4 is 5.32 Å². The molecule has 2 heterocycles. The molecule has 0 spiro atoms. The molecule has 120 valence electrons. The van der Waals surface area contributed by atoms with Crippen molar-refractivity contribution in [1.82, 2.24) is 30.5 Å². The zero-order valence-corrected chi connectivity index (χ0v) is 14.3. The average molecular weight is 328 g/mol. The number of tetrazole rings is 1. The maximum atomic E-state index is 4.74. The van der Waals surface area contributed by atoms with E-state index in [0.29, 0.717) is 6.54 Å². The Kier molecular flexibility index (Phi) is 4.78. The summed E-state index contributed by atoms with van der Waals surface area (Å²) in [6.07, 6.45) is 0. The van der Waals surface area contributed by atoms with Crippen LogP contribution in [0.15, 0.2) is 35.7 Å². The van der Waals surface area contributed by atoms with Crippen molar-refractivity contribution in [3.8, 4) is 11.3 Å². The van der Waals surface area contributed by atoms with E-state index in [1.807, 2.05) is 22.9 Å². The van der Waals surface area contributed by atoms with Gasteiger partial charge in [0.1, 0.15) is 5.01 Å². The lowest BCUT2D eigenvalue weighted by Gasteiger charge is -2.12. The van der Waals surface area contributed by atoms with E-state index in [1.165, 1.54) is 0 Å². The van der Waals surface area contributed by atoms with Crippen molar-refractivity contribution in [2.45, 2.75) is 39.4 Å². The SMILES string of the molecule is CC(NCc1nnnn1C(C)C)c1nc(-c2ccccc2)cs1. The number of hydrogen-bond donors (Lipinski definition) is 1. The van der Waals surface area contributed by atoms with E-state index in [4.69, 9.17) is 4.98 Å². The summed E-state index contributed by atoms with van der Waals surface area (Å²) >= 11 is 1.67. The third kappa shape index (κ3) is 3.62. The first-order valence-corrected chi connectivity index (χ1v) is 8.54. The number of hydrogen-bond acceptors (Lipinski definition) is 6. The summed E-state index contributed by atoms with van der Waals surface area (Å²) in [5.74, 6) is 0.840. The first-order chi connectivity index (χ1) is 11.1. The Labute approximate surface area is 139 Å². The van der Waals surface area contributed by atoms with Gasteiger partial charge >= 0.3 is 0 Å². The second-order valence-corrected chi connectivity index (χ2v) is 6.56. The third-order valence-corrected chi connectivity index (χ3v) is 4.61. The van der Waals surface area contributed by atoms with Crippen molar-refractivity contribution < 1.29 is 0 Å². The highest BCUT2D eigenvalue weighted by Gasteiger charge is 2.14. The Hall–Kier alpha value is -2.12. The molecule has 1 atom stereocenters. The van der Waals surface area contributed by atoms with Crippen molar-refractivity contribution >= 4 is 11.3 Å². The summed E-state index contributed by atoms with van der Waals surface area (Å²) in [4.78, 5) is 4.74. The van der Waals surface area contributed by atoms with E-state index in [0.717, 1.165) is 22.1 Å². The normalized spacial score (nSPS) is 12.7. The van der Waals surface area contributed by atoms with Crippen LogP contribution in [0.3, 0.4) is 0 Å². The third-order valence-electron chi connectivity index (χ3n) is 3.58. The topological polar surface area (TPSA) is 68.5 Å². The molecule has 0 aliphatic carbocycles. The molecule has 0 bridgehead atoms. The maximum Gasteiger partial charge on any atom is 0.165 e. The highest BCUT2D eigenvalue weighted by Crippen LogP contribution is 2.25. The zero-order chi connectivity index (χ0) is 16.2. The van der Waals surface area contributed by atoms with Gasteiger partial charge < -0.3 is 5.32 Å². The van der Waals surface area contributed by atoms with Crippen molar-refractivity contribution in [2.75, 3.05) is 0 Å². The van der Waals surface area contributed by atoms with Crippen molar-refractivity contribution in [2.24, 2.45) is 0 Å². The van der Waals surface area contributed by atoms with Gasteiger partial charge in [-0.25, -0.2) is 9.67 Å². The lowest BCUT2D eigenvalue weighted by molar-refractivity contribution is 0.468. The highest BCUT2D eigenvalue weighted by atomic mass is 32.1. The number of rotatable bonds is 6. The van der Waals surface area contributed by atoms with Crippen LogP contribution in [0.25, 0.3) is 11.3 Å². The molecule has 0 saturated carbocycles. The van der Waals surface area contributed by atoms with E-state index in [9.17, 15) is 0 Å². The molecular formula is C16H20N6S. The molecule has 0 aliphatic heterocycles. The Balaban J connectivity index is 1.66. The minimum absolute atomic E-state index is 0.148. The molecule has 0 fully saturated rings. The minimum atomic E-state index is 0.148. The molecule has 3 aromatic rings. The summed E-state index contributed by atoms with van der Waals surface area (Å²) in [7, 11) is 0. The van der Waals surface area contributed by atoms with Crippen molar-refractivity contribution in [3.05, 3.63) is 46.5 Å². The largest absolute Gasteiger partial charge is 0.301 e. The summed E-state index contributed by atoms with van der Waals surface area (Å²) in [5.41, 5.74) is 2.16. The van der Waals surface area contributed by atoms with E-state index >= 15 is 0 Å². The van der Waals surface area contributed by atoms with Crippen LogP contribution in [0.5, 0.6) is 0 Å². The van der Waals surface area contributed by atoms with Crippen LogP contribution in [-0.4, -0.2) is 25.2 Å². The van der Waals surface area contributed by atoms with Crippen LogP contribution >= 0.6 is 11.3 Å². The van der Waals surface area contributed by atoms with Crippen LogP contribution in [0, 0.1) is 0 Å². The summed E-state index contributed by atoms with van der Waals surface area (Å²) in [5, 5.41) is 18.4. The second kappa shape index (κ2) is 6.97. The molecule has 2 aromatic heterocycles. The van der Waals surface area contributed by atoms with E-state index < -0.39 is 0 Å². The Morgan fingerprint density at radius 1 is 1.17 bits per heavy atom.